The van der Waals surface area contributed by atoms with Gasteiger partial charge in [0.2, 0.25) is 6.41 Å². The molecule has 1 unspecified atom stereocenters. The van der Waals surface area contributed by atoms with Crippen molar-refractivity contribution in [3.05, 3.63) is 137 Å². The average molecular weight is 681 g/mol. The lowest BCUT2D eigenvalue weighted by molar-refractivity contribution is -0.154. The molecule has 2 N–H and O–H groups in total. The van der Waals surface area contributed by atoms with E-state index in [1.165, 1.54) is 28.1 Å². The SMILES string of the molecule is C=CC1=C(C(=O)OC(c2ccccc2)c2ccccc2)N2C(=O)C(NC(=O)/C(=N/OCc3cccnc3)c3csc(NC=O)n3)[C@H]2SC1. The fourth-order valence-corrected chi connectivity index (χ4v) is 7.10. The van der Waals surface area contributed by atoms with E-state index in [1.54, 1.807) is 24.5 Å². The van der Waals surface area contributed by atoms with Gasteiger partial charge < -0.3 is 20.2 Å². The van der Waals surface area contributed by atoms with Crippen LogP contribution in [0.25, 0.3) is 0 Å². The summed E-state index contributed by atoms with van der Waals surface area (Å²) in [6, 6.07) is 21.2. The lowest BCUT2D eigenvalue weighted by Crippen LogP contribution is -2.71. The summed E-state index contributed by atoms with van der Waals surface area (Å²) >= 11 is 2.47. The monoisotopic (exact) mass is 680 g/mol. The lowest BCUT2D eigenvalue weighted by atomic mass is 10.0. The van der Waals surface area contributed by atoms with E-state index >= 15 is 0 Å². The van der Waals surface area contributed by atoms with E-state index in [4.69, 9.17) is 9.57 Å². The molecule has 14 heteroatoms. The number of oxime groups is 1. The number of carbonyl (C=O) groups is 4. The number of esters is 1. The number of anilines is 1. The zero-order valence-corrected chi connectivity index (χ0v) is 26.9. The van der Waals surface area contributed by atoms with Crippen LogP contribution in [0, 0.1) is 0 Å². The summed E-state index contributed by atoms with van der Waals surface area (Å²) in [7, 11) is 0. The largest absolute Gasteiger partial charge is 0.448 e. The van der Waals surface area contributed by atoms with Crippen LogP contribution < -0.4 is 10.6 Å². The second-order valence-electron chi connectivity index (χ2n) is 10.4. The van der Waals surface area contributed by atoms with Gasteiger partial charge in [0.1, 0.15) is 29.4 Å². The summed E-state index contributed by atoms with van der Waals surface area (Å²) in [5.74, 6) is -1.55. The predicted octanol–water partition coefficient (Wildman–Crippen LogP) is 4.20. The third-order valence-corrected chi connectivity index (χ3v) is 9.48. The number of pyridine rings is 1. The molecule has 1 saturated heterocycles. The molecule has 2 aromatic carbocycles. The molecule has 0 aliphatic carbocycles. The van der Waals surface area contributed by atoms with Gasteiger partial charge in [-0.05, 0) is 22.8 Å². The molecular formula is C34H28N6O6S2. The molecule has 48 heavy (non-hydrogen) atoms. The van der Waals surface area contributed by atoms with Crippen LogP contribution in [-0.2, 0) is 35.4 Å². The number of amides is 3. The van der Waals surface area contributed by atoms with Crippen LogP contribution in [0.3, 0.4) is 0 Å². The van der Waals surface area contributed by atoms with Gasteiger partial charge >= 0.3 is 5.97 Å². The number of hydrogen-bond acceptors (Lipinski definition) is 11. The maximum Gasteiger partial charge on any atom is 0.356 e. The number of nitrogens with one attached hydrogen (secondary N) is 2. The third-order valence-electron chi connectivity index (χ3n) is 7.41. The van der Waals surface area contributed by atoms with Crippen molar-refractivity contribution >= 4 is 58.1 Å². The van der Waals surface area contributed by atoms with Crippen molar-refractivity contribution in [2.24, 2.45) is 5.16 Å². The molecular weight excluding hydrogens is 653 g/mol. The zero-order chi connectivity index (χ0) is 33.5. The number of thioether (sulfide) groups is 1. The van der Waals surface area contributed by atoms with Gasteiger partial charge in [0, 0.05) is 29.1 Å². The molecule has 6 rings (SSSR count). The molecule has 2 aromatic heterocycles. The Morgan fingerprint density at radius 1 is 1.08 bits per heavy atom. The van der Waals surface area contributed by atoms with E-state index in [-0.39, 0.29) is 28.8 Å². The first kappa shape index (κ1) is 32.3. The highest BCUT2D eigenvalue weighted by atomic mass is 32.2. The Hall–Kier alpha value is -5.60. The highest BCUT2D eigenvalue weighted by Gasteiger charge is 2.54. The van der Waals surface area contributed by atoms with Crippen molar-refractivity contribution < 1.29 is 28.8 Å². The summed E-state index contributed by atoms with van der Waals surface area (Å²) < 4.78 is 6.10. The molecule has 3 amide bonds. The Labute approximate surface area is 283 Å². The van der Waals surface area contributed by atoms with Crippen molar-refractivity contribution in [2.45, 2.75) is 24.1 Å². The van der Waals surface area contributed by atoms with E-state index in [0.29, 0.717) is 17.7 Å². The Morgan fingerprint density at radius 2 is 1.81 bits per heavy atom. The minimum Gasteiger partial charge on any atom is -0.448 e. The molecule has 0 bridgehead atoms. The predicted molar refractivity (Wildman–Crippen MR) is 180 cm³/mol. The van der Waals surface area contributed by atoms with Gasteiger partial charge in [-0.2, -0.15) is 0 Å². The number of rotatable bonds is 13. The quantitative estimate of drug-likeness (QED) is 0.0696. The first-order chi connectivity index (χ1) is 23.5. The van der Waals surface area contributed by atoms with Crippen molar-refractivity contribution in [2.75, 3.05) is 11.1 Å². The van der Waals surface area contributed by atoms with E-state index in [0.717, 1.165) is 28.0 Å². The van der Waals surface area contributed by atoms with Crippen molar-refractivity contribution in [1.82, 2.24) is 20.2 Å². The maximum absolute atomic E-state index is 13.9. The number of β-lactam (4-membered cyclic amide) rings is 1. The Morgan fingerprint density at radius 3 is 2.46 bits per heavy atom. The number of nitrogens with zero attached hydrogens (tertiary/aromatic N) is 4. The summed E-state index contributed by atoms with van der Waals surface area (Å²) in [4.78, 5) is 67.2. The molecule has 0 saturated carbocycles. The van der Waals surface area contributed by atoms with Gasteiger partial charge in [0.25, 0.3) is 11.8 Å². The molecule has 4 heterocycles. The Kier molecular flexibility index (Phi) is 10.0. The van der Waals surface area contributed by atoms with Crippen molar-refractivity contribution in [3.63, 3.8) is 0 Å². The summed E-state index contributed by atoms with van der Waals surface area (Å²) in [6.07, 6.45) is 4.50. The number of ether oxygens (including phenoxy) is 1. The van der Waals surface area contributed by atoms with Crippen LogP contribution in [0.2, 0.25) is 0 Å². The maximum atomic E-state index is 13.9. The number of allylic oxidation sites excluding steroid dienone is 1. The number of carbonyl (C=O) groups excluding carboxylic acids is 4. The second kappa shape index (κ2) is 14.9. The molecule has 0 spiro atoms. The van der Waals surface area contributed by atoms with Crippen LogP contribution >= 0.6 is 23.1 Å². The third kappa shape index (κ3) is 6.89. The standard InChI is InChI=1S/C34H28N6O6S2/c1-2-22-18-47-32-27(38-30(42)26(25-19-48-34(37-25)36-20-41)39-45-17-21-10-9-15-35-16-21)31(43)40(32)28(22)33(44)46-29(23-11-5-3-6-12-23)24-13-7-4-8-14-24/h2-16,19-20,27,29,32H,1,17-18H2,(H,38,42)(H,36,37,41)/b39-26+/t27?,32-/m1/s1. The second-order valence-corrected chi connectivity index (χ2v) is 12.4. The van der Waals surface area contributed by atoms with Crippen LogP contribution in [0.4, 0.5) is 5.13 Å². The number of benzene rings is 2. The molecule has 242 valence electrons. The minimum atomic E-state index is -0.981. The van der Waals surface area contributed by atoms with Gasteiger partial charge in [-0.1, -0.05) is 84.5 Å². The molecule has 2 atom stereocenters. The number of thiazole rings is 1. The Bertz CT molecular complexity index is 1840. The summed E-state index contributed by atoms with van der Waals surface area (Å²) in [6.45, 7) is 3.88. The van der Waals surface area contributed by atoms with Gasteiger partial charge in [-0.15, -0.1) is 23.1 Å². The fraction of sp³-hybridized carbons (Fsp3) is 0.147. The van der Waals surface area contributed by atoms with E-state index in [1.807, 2.05) is 60.7 Å². The van der Waals surface area contributed by atoms with Gasteiger partial charge in [0.05, 0.1) is 0 Å². The van der Waals surface area contributed by atoms with Crippen molar-refractivity contribution in [1.29, 1.82) is 0 Å². The van der Waals surface area contributed by atoms with Crippen LogP contribution in [0.5, 0.6) is 0 Å². The fourth-order valence-electron chi connectivity index (χ4n) is 5.10. The van der Waals surface area contributed by atoms with Crippen LogP contribution in [0.1, 0.15) is 28.5 Å². The Balaban J connectivity index is 1.21. The lowest BCUT2D eigenvalue weighted by Gasteiger charge is -2.49. The average Bonchev–Trinajstić information content (AvgIpc) is 3.59. The van der Waals surface area contributed by atoms with E-state index in [2.05, 4.69) is 32.3 Å². The number of hydrogen-bond donors (Lipinski definition) is 2. The van der Waals surface area contributed by atoms with Gasteiger partial charge in [-0.3, -0.25) is 24.3 Å². The van der Waals surface area contributed by atoms with Gasteiger partial charge in [0.15, 0.2) is 16.9 Å². The molecule has 2 aliphatic rings. The summed E-state index contributed by atoms with van der Waals surface area (Å²) in [5, 5.41) is 10.4. The normalized spacial score (nSPS) is 17.2. The van der Waals surface area contributed by atoms with Crippen LogP contribution in [-0.4, -0.2) is 61.9 Å². The molecule has 4 aromatic rings. The topological polar surface area (TPSA) is 152 Å². The number of aromatic nitrogens is 2. The number of fused-ring (bicyclic) bond motifs is 1. The molecule has 12 nitrogen and oxygen atoms in total. The smallest absolute Gasteiger partial charge is 0.356 e. The van der Waals surface area contributed by atoms with Gasteiger partial charge in [-0.25, -0.2) is 9.78 Å². The van der Waals surface area contributed by atoms with Crippen LogP contribution in [0.15, 0.2) is 120 Å². The summed E-state index contributed by atoms with van der Waals surface area (Å²) in [5.41, 5.74) is 2.82. The highest BCUT2D eigenvalue weighted by molar-refractivity contribution is 8.00. The molecule has 2 aliphatic heterocycles. The first-order valence-electron chi connectivity index (χ1n) is 14.7. The molecule has 0 radical (unpaired) electrons. The highest BCUT2D eigenvalue weighted by Crippen LogP contribution is 2.42. The van der Waals surface area contributed by atoms with Crippen molar-refractivity contribution in [3.8, 4) is 0 Å². The zero-order valence-electron chi connectivity index (χ0n) is 25.2. The first-order valence-corrected chi connectivity index (χ1v) is 16.6. The van der Waals surface area contributed by atoms with E-state index < -0.39 is 35.3 Å². The molecule has 1 fully saturated rings. The van der Waals surface area contributed by atoms with E-state index in [9.17, 15) is 19.2 Å². The minimum absolute atomic E-state index is 0.0242.